The highest BCUT2D eigenvalue weighted by Crippen LogP contribution is 2.19. The van der Waals surface area contributed by atoms with Gasteiger partial charge in [-0.25, -0.2) is 9.37 Å². The van der Waals surface area contributed by atoms with E-state index >= 15 is 0 Å². The van der Waals surface area contributed by atoms with E-state index in [9.17, 15) is 4.39 Å². The van der Waals surface area contributed by atoms with Crippen molar-refractivity contribution in [2.75, 3.05) is 5.32 Å². The van der Waals surface area contributed by atoms with Crippen LogP contribution in [0.2, 0.25) is 5.02 Å². The van der Waals surface area contributed by atoms with Crippen molar-refractivity contribution in [3.05, 3.63) is 57.0 Å². The normalized spacial score (nSPS) is 10.4. The third-order valence-corrected chi connectivity index (χ3v) is 3.25. The lowest BCUT2D eigenvalue weighted by atomic mass is 10.2. The Labute approximate surface area is 118 Å². The molecule has 94 valence electrons. The summed E-state index contributed by atoms with van der Waals surface area (Å²) >= 11 is 9.04. The molecule has 0 amide bonds. The zero-order valence-corrected chi connectivity index (χ0v) is 12.0. The third-order valence-electron chi connectivity index (χ3n) is 2.52. The van der Waals surface area contributed by atoms with Crippen LogP contribution in [0, 0.1) is 12.7 Å². The summed E-state index contributed by atoms with van der Waals surface area (Å²) in [5.41, 5.74) is 2.76. The Hall–Kier alpha value is -1.13. The fraction of sp³-hybridized carbons (Fsp3) is 0.154. The van der Waals surface area contributed by atoms with Crippen molar-refractivity contribution < 1.29 is 4.39 Å². The first-order valence-corrected chi connectivity index (χ1v) is 6.54. The Morgan fingerprint density at radius 2 is 2.11 bits per heavy atom. The molecule has 0 radical (unpaired) electrons. The number of nitrogens with one attached hydrogen (secondary N) is 1. The van der Waals surface area contributed by atoms with Gasteiger partial charge in [-0.3, -0.25) is 0 Å². The number of aromatic nitrogens is 1. The van der Waals surface area contributed by atoms with Gasteiger partial charge in [-0.15, -0.1) is 0 Å². The van der Waals surface area contributed by atoms with E-state index < -0.39 is 5.82 Å². The molecule has 0 bridgehead atoms. The average molecular weight is 330 g/mol. The molecule has 0 saturated carbocycles. The van der Waals surface area contributed by atoms with Gasteiger partial charge in [-0.2, -0.15) is 0 Å². The van der Waals surface area contributed by atoms with Gasteiger partial charge >= 0.3 is 0 Å². The van der Waals surface area contributed by atoms with Crippen molar-refractivity contribution >= 4 is 33.2 Å². The molecule has 0 saturated heterocycles. The molecule has 0 aliphatic rings. The molecule has 0 spiro atoms. The van der Waals surface area contributed by atoms with E-state index in [2.05, 4.69) is 26.2 Å². The zero-order valence-electron chi connectivity index (χ0n) is 9.67. The molecule has 1 aromatic heterocycles. The minimum Gasteiger partial charge on any atom is -0.380 e. The number of nitrogens with zero attached hydrogens (tertiary/aromatic N) is 1. The summed E-state index contributed by atoms with van der Waals surface area (Å²) in [6.45, 7) is 2.49. The number of anilines is 1. The van der Waals surface area contributed by atoms with Gasteiger partial charge < -0.3 is 5.32 Å². The Bertz CT molecular complexity index is 575. The van der Waals surface area contributed by atoms with E-state index in [4.69, 9.17) is 11.6 Å². The van der Waals surface area contributed by atoms with E-state index in [0.717, 1.165) is 21.5 Å². The number of benzene rings is 1. The standard InChI is InChI=1S/C13H11BrClFN2/c1-8-12(4-5-13(14)18-8)17-7-9-2-3-11(16)10(15)6-9/h2-6,17H,7H2,1H3. The Morgan fingerprint density at radius 1 is 1.33 bits per heavy atom. The van der Waals surface area contributed by atoms with Crippen LogP contribution in [0.15, 0.2) is 34.9 Å². The minimum atomic E-state index is -0.401. The van der Waals surface area contributed by atoms with Crippen LogP contribution < -0.4 is 5.32 Å². The van der Waals surface area contributed by atoms with Gasteiger partial charge in [-0.1, -0.05) is 17.7 Å². The summed E-state index contributed by atoms with van der Waals surface area (Å²) < 4.78 is 13.8. The smallest absolute Gasteiger partial charge is 0.141 e. The maximum Gasteiger partial charge on any atom is 0.141 e. The number of hydrogen-bond acceptors (Lipinski definition) is 2. The topological polar surface area (TPSA) is 24.9 Å². The lowest BCUT2D eigenvalue weighted by Gasteiger charge is -2.09. The molecule has 18 heavy (non-hydrogen) atoms. The van der Waals surface area contributed by atoms with Crippen molar-refractivity contribution in [2.24, 2.45) is 0 Å². The summed E-state index contributed by atoms with van der Waals surface area (Å²) in [5.74, 6) is -0.401. The van der Waals surface area contributed by atoms with Crippen LogP contribution in [0.5, 0.6) is 0 Å². The summed E-state index contributed by atoms with van der Waals surface area (Å²) in [6, 6.07) is 8.50. The number of aryl methyl sites for hydroxylation is 1. The number of hydrogen-bond donors (Lipinski definition) is 1. The van der Waals surface area contributed by atoms with Crippen molar-refractivity contribution in [2.45, 2.75) is 13.5 Å². The van der Waals surface area contributed by atoms with Gasteiger partial charge in [-0.05, 0) is 52.7 Å². The molecule has 1 N–H and O–H groups in total. The largest absolute Gasteiger partial charge is 0.380 e. The Kier molecular flexibility index (Phi) is 4.19. The SMILES string of the molecule is Cc1nc(Br)ccc1NCc1ccc(F)c(Cl)c1. The van der Waals surface area contributed by atoms with Crippen LogP contribution in [0.1, 0.15) is 11.3 Å². The first-order chi connectivity index (χ1) is 8.56. The van der Waals surface area contributed by atoms with Crippen LogP contribution >= 0.6 is 27.5 Å². The molecule has 2 rings (SSSR count). The highest BCUT2D eigenvalue weighted by molar-refractivity contribution is 9.10. The van der Waals surface area contributed by atoms with Gasteiger partial charge in [0.15, 0.2) is 0 Å². The fourth-order valence-electron chi connectivity index (χ4n) is 1.56. The van der Waals surface area contributed by atoms with Crippen LogP contribution in [-0.2, 0) is 6.54 Å². The number of halogens is 3. The third kappa shape index (κ3) is 3.21. The molecule has 5 heteroatoms. The molecule has 0 aliphatic heterocycles. The maximum absolute atomic E-state index is 13.0. The first-order valence-electron chi connectivity index (χ1n) is 5.37. The van der Waals surface area contributed by atoms with Crippen LogP contribution in [-0.4, -0.2) is 4.98 Å². The quantitative estimate of drug-likeness (QED) is 0.835. The predicted octanol–water partition coefficient (Wildman–Crippen LogP) is 4.56. The van der Waals surface area contributed by atoms with Gasteiger partial charge in [0.1, 0.15) is 10.4 Å². The second kappa shape index (κ2) is 5.67. The van der Waals surface area contributed by atoms with Gasteiger partial charge in [0, 0.05) is 6.54 Å². The van der Waals surface area contributed by atoms with E-state index in [0.29, 0.717) is 6.54 Å². The molecule has 1 aromatic carbocycles. The molecule has 0 unspecified atom stereocenters. The summed E-state index contributed by atoms with van der Waals surface area (Å²) in [6.07, 6.45) is 0. The summed E-state index contributed by atoms with van der Waals surface area (Å²) in [5, 5.41) is 3.38. The average Bonchev–Trinajstić information content (AvgIpc) is 2.32. The van der Waals surface area contributed by atoms with Crippen molar-refractivity contribution in [1.82, 2.24) is 4.98 Å². The first kappa shape index (κ1) is 13.3. The van der Waals surface area contributed by atoms with Crippen molar-refractivity contribution in [3.8, 4) is 0 Å². The van der Waals surface area contributed by atoms with Gasteiger partial charge in [0.25, 0.3) is 0 Å². The summed E-state index contributed by atoms with van der Waals surface area (Å²) in [4.78, 5) is 4.29. The van der Waals surface area contributed by atoms with E-state index in [1.807, 2.05) is 19.1 Å². The van der Waals surface area contributed by atoms with Crippen molar-refractivity contribution in [3.63, 3.8) is 0 Å². The minimum absolute atomic E-state index is 0.139. The monoisotopic (exact) mass is 328 g/mol. The molecule has 0 aliphatic carbocycles. The van der Waals surface area contributed by atoms with Crippen LogP contribution in [0.4, 0.5) is 10.1 Å². The number of rotatable bonds is 3. The van der Waals surface area contributed by atoms with E-state index in [1.165, 1.54) is 6.07 Å². The Morgan fingerprint density at radius 3 is 2.78 bits per heavy atom. The molecule has 0 atom stereocenters. The molecule has 0 fully saturated rings. The molecular weight excluding hydrogens is 319 g/mol. The zero-order chi connectivity index (χ0) is 13.1. The number of pyridine rings is 1. The highest BCUT2D eigenvalue weighted by atomic mass is 79.9. The highest BCUT2D eigenvalue weighted by Gasteiger charge is 2.03. The molecule has 1 heterocycles. The van der Waals surface area contributed by atoms with E-state index in [1.54, 1.807) is 12.1 Å². The lowest BCUT2D eigenvalue weighted by Crippen LogP contribution is -2.02. The van der Waals surface area contributed by atoms with E-state index in [-0.39, 0.29) is 5.02 Å². The van der Waals surface area contributed by atoms with Crippen LogP contribution in [0.25, 0.3) is 0 Å². The lowest BCUT2D eigenvalue weighted by molar-refractivity contribution is 0.627. The molecule has 2 nitrogen and oxygen atoms in total. The Balaban J connectivity index is 2.09. The van der Waals surface area contributed by atoms with Gasteiger partial charge in [0.05, 0.1) is 16.4 Å². The second-order valence-electron chi connectivity index (χ2n) is 3.87. The fourth-order valence-corrected chi connectivity index (χ4v) is 2.17. The van der Waals surface area contributed by atoms with Gasteiger partial charge in [0.2, 0.25) is 0 Å². The van der Waals surface area contributed by atoms with Crippen LogP contribution in [0.3, 0.4) is 0 Å². The maximum atomic E-state index is 13.0. The molecule has 2 aromatic rings. The summed E-state index contributed by atoms with van der Waals surface area (Å²) in [7, 11) is 0. The molecular formula is C13H11BrClFN2. The van der Waals surface area contributed by atoms with Crippen molar-refractivity contribution in [1.29, 1.82) is 0 Å². The second-order valence-corrected chi connectivity index (χ2v) is 5.09. The predicted molar refractivity (Wildman–Crippen MR) is 75.4 cm³/mol.